The summed E-state index contributed by atoms with van der Waals surface area (Å²) in [6, 6.07) is 10.6. The molecule has 2 aromatic heterocycles. The maximum Gasteiger partial charge on any atom is 0.159 e. The standard InChI is InChI=1S/C21H22N6O2/c22-13-21(4-1-5-21)16-3-2-15-10-25-27(18(15)8-16)20-9-19(23-14-24-20)26-6-7-29-17(11-26)12-28/h2-3,8-10,14,17,28H,1,4-7,11-12H2. The van der Waals surface area contributed by atoms with Crippen LogP contribution in [-0.4, -0.2) is 57.3 Å². The van der Waals surface area contributed by atoms with Crippen LogP contribution in [-0.2, 0) is 10.2 Å². The lowest BCUT2D eigenvalue weighted by Gasteiger charge is -2.35. The minimum Gasteiger partial charge on any atom is -0.394 e. The summed E-state index contributed by atoms with van der Waals surface area (Å²) in [5.41, 5.74) is 1.62. The number of morpholine rings is 1. The van der Waals surface area contributed by atoms with Gasteiger partial charge < -0.3 is 14.7 Å². The van der Waals surface area contributed by atoms with Crippen LogP contribution in [0.5, 0.6) is 0 Å². The third kappa shape index (κ3) is 3.03. The second-order valence-corrected chi connectivity index (χ2v) is 7.73. The van der Waals surface area contributed by atoms with Gasteiger partial charge in [-0.3, -0.25) is 0 Å². The summed E-state index contributed by atoms with van der Waals surface area (Å²) in [7, 11) is 0. The minimum atomic E-state index is -0.368. The molecule has 1 atom stereocenters. The van der Waals surface area contributed by atoms with Crippen LogP contribution >= 0.6 is 0 Å². The highest BCUT2D eigenvalue weighted by atomic mass is 16.5. The molecule has 29 heavy (non-hydrogen) atoms. The summed E-state index contributed by atoms with van der Waals surface area (Å²) in [6.45, 7) is 1.83. The molecule has 1 saturated carbocycles. The molecule has 148 valence electrons. The summed E-state index contributed by atoms with van der Waals surface area (Å²) < 4.78 is 7.34. The van der Waals surface area contributed by atoms with E-state index in [1.54, 1.807) is 4.68 Å². The van der Waals surface area contributed by atoms with E-state index in [4.69, 9.17) is 4.74 Å². The van der Waals surface area contributed by atoms with Gasteiger partial charge in [-0.25, -0.2) is 14.6 Å². The lowest BCUT2D eigenvalue weighted by molar-refractivity contribution is 0.00335. The largest absolute Gasteiger partial charge is 0.394 e. The smallest absolute Gasteiger partial charge is 0.159 e. The van der Waals surface area contributed by atoms with Gasteiger partial charge in [0.2, 0.25) is 0 Å². The molecule has 1 saturated heterocycles. The first-order valence-corrected chi connectivity index (χ1v) is 9.92. The molecule has 5 rings (SSSR count). The highest BCUT2D eigenvalue weighted by Crippen LogP contribution is 2.43. The van der Waals surface area contributed by atoms with Crippen LogP contribution in [0, 0.1) is 11.3 Å². The van der Waals surface area contributed by atoms with Crippen molar-refractivity contribution < 1.29 is 9.84 Å². The molecule has 3 heterocycles. The van der Waals surface area contributed by atoms with Crippen molar-refractivity contribution >= 4 is 16.7 Å². The Hall–Kier alpha value is -3.02. The van der Waals surface area contributed by atoms with Gasteiger partial charge in [-0.1, -0.05) is 12.1 Å². The molecule has 0 spiro atoms. The fourth-order valence-corrected chi connectivity index (χ4v) is 4.16. The third-order valence-corrected chi connectivity index (χ3v) is 6.07. The summed E-state index contributed by atoms with van der Waals surface area (Å²) in [5, 5.41) is 24.6. The number of aliphatic hydroxyl groups excluding tert-OH is 1. The van der Waals surface area contributed by atoms with Crippen molar-refractivity contribution in [2.24, 2.45) is 0 Å². The SMILES string of the molecule is N#CC1(c2ccc3cnn(-c4cc(N5CCOC(CO)C5)ncn4)c3c2)CCC1. The van der Waals surface area contributed by atoms with Gasteiger partial charge >= 0.3 is 0 Å². The van der Waals surface area contributed by atoms with Crippen LogP contribution < -0.4 is 4.90 Å². The van der Waals surface area contributed by atoms with Crippen molar-refractivity contribution in [2.75, 3.05) is 31.2 Å². The van der Waals surface area contributed by atoms with E-state index in [1.807, 2.05) is 24.4 Å². The first-order chi connectivity index (χ1) is 14.2. The molecule has 2 fully saturated rings. The number of nitriles is 1. The van der Waals surface area contributed by atoms with Crippen molar-refractivity contribution in [3.05, 3.63) is 42.4 Å². The molecular weight excluding hydrogens is 368 g/mol. The highest BCUT2D eigenvalue weighted by Gasteiger charge is 2.39. The van der Waals surface area contributed by atoms with Gasteiger partial charge in [-0.2, -0.15) is 10.4 Å². The van der Waals surface area contributed by atoms with Crippen LogP contribution in [0.25, 0.3) is 16.7 Å². The number of aromatic nitrogens is 4. The molecule has 2 aliphatic rings. The molecule has 1 aliphatic heterocycles. The quantitative estimate of drug-likeness (QED) is 0.727. The van der Waals surface area contributed by atoms with E-state index in [1.165, 1.54) is 6.33 Å². The summed E-state index contributed by atoms with van der Waals surface area (Å²) >= 11 is 0. The monoisotopic (exact) mass is 390 g/mol. The molecule has 0 amide bonds. The van der Waals surface area contributed by atoms with E-state index in [9.17, 15) is 10.4 Å². The van der Waals surface area contributed by atoms with E-state index >= 15 is 0 Å². The molecule has 1 N–H and O–H groups in total. The van der Waals surface area contributed by atoms with Gasteiger partial charge in [0.05, 0.1) is 42.5 Å². The Balaban J connectivity index is 1.52. The predicted octanol–water partition coefficient (Wildman–Crippen LogP) is 1.96. The second kappa shape index (κ2) is 7.10. The lowest BCUT2D eigenvalue weighted by atomic mass is 9.65. The van der Waals surface area contributed by atoms with Gasteiger partial charge in [0.1, 0.15) is 12.1 Å². The number of rotatable bonds is 4. The topological polar surface area (TPSA) is 100 Å². The number of fused-ring (bicyclic) bond motifs is 1. The number of aliphatic hydroxyl groups is 1. The molecule has 3 aromatic rings. The number of anilines is 1. The van der Waals surface area contributed by atoms with E-state index < -0.39 is 0 Å². The van der Waals surface area contributed by atoms with E-state index in [2.05, 4.69) is 32.1 Å². The molecule has 1 aromatic carbocycles. The van der Waals surface area contributed by atoms with Crippen molar-refractivity contribution in [3.63, 3.8) is 0 Å². The van der Waals surface area contributed by atoms with E-state index in [-0.39, 0.29) is 18.1 Å². The Morgan fingerprint density at radius 3 is 2.86 bits per heavy atom. The Morgan fingerprint density at radius 2 is 2.10 bits per heavy atom. The fraction of sp³-hybridized carbons (Fsp3) is 0.429. The van der Waals surface area contributed by atoms with Gasteiger partial charge in [0.25, 0.3) is 0 Å². The number of ether oxygens (including phenoxy) is 1. The zero-order chi connectivity index (χ0) is 19.8. The fourth-order valence-electron chi connectivity index (χ4n) is 4.16. The summed E-state index contributed by atoms with van der Waals surface area (Å²) in [6.07, 6.45) is 6.05. The minimum absolute atomic E-state index is 0.0122. The number of hydrogen-bond donors (Lipinski definition) is 1. The van der Waals surface area contributed by atoms with Gasteiger partial charge in [-0.15, -0.1) is 0 Å². The Labute approximate surface area is 168 Å². The number of hydrogen-bond acceptors (Lipinski definition) is 7. The van der Waals surface area contributed by atoms with Crippen LogP contribution in [0.4, 0.5) is 5.82 Å². The zero-order valence-electron chi connectivity index (χ0n) is 16.0. The van der Waals surface area contributed by atoms with Crippen molar-refractivity contribution in [1.29, 1.82) is 5.26 Å². The third-order valence-electron chi connectivity index (χ3n) is 6.07. The summed E-state index contributed by atoms with van der Waals surface area (Å²) in [4.78, 5) is 10.9. The number of nitrogens with zero attached hydrogens (tertiary/aromatic N) is 6. The average Bonchev–Trinajstić information content (AvgIpc) is 3.17. The molecule has 1 aliphatic carbocycles. The van der Waals surface area contributed by atoms with Crippen molar-refractivity contribution in [2.45, 2.75) is 30.8 Å². The molecular formula is C21H22N6O2. The lowest BCUT2D eigenvalue weighted by Crippen LogP contribution is -2.44. The first kappa shape index (κ1) is 18.0. The number of benzene rings is 1. The Bertz CT molecular complexity index is 1080. The maximum atomic E-state index is 9.69. The predicted molar refractivity (Wildman–Crippen MR) is 107 cm³/mol. The first-order valence-electron chi connectivity index (χ1n) is 9.92. The normalized spacial score (nSPS) is 21.0. The van der Waals surface area contributed by atoms with Gasteiger partial charge in [-0.05, 0) is 30.9 Å². The van der Waals surface area contributed by atoms with E-state index in [0.29, 0.717) is 25.5 Å². The Morgan fingerprint density at radius 1 is 1.24 bits per heavy atom. The van der Waals surface area contributed by atoms with Crippen LogP contribution in [0.15, 0.2) is 36.8 Å². The molecule has 0 radical (unpaired) electrons. The zero-order valence-corrected chi connectivity index (χ0v) is 16.0. The Kier molecular flexibility index (Phi) is 4.42. The van der Waals surface area contributed by atoms with Crippen molar-refractivity contribution in [3.8, 4) is 11.9 Å². The highest BCUT2D eigenvalue weighted by molar-refractivity contribution is 5.81. The van der Waals surface area contributed by atoms with E-state index in [0.717, 1.165) is 41.5 Å². The molecule has 8 heteroatoms. The average molecular weight is 390 g/mol. The van der Waals surface area contributed by atoms with Crippen LogP contribution in [0.2, 0.25) is 0 Å². The molecule has 0 bridgehead atoms. The second-order valence-electron chi connectivity index (χ2n) is 7.73. The summed E-state index contributed by atoms with van der Waals surface area (Å²) in [5.74, 6) is 1.46. The maximum absolute atomic E-state index is 9.69. The van der Waals surface area contributed by atoms with Crippen LogP contribution in [0.1, 0.15) is 24.8 Å². The van der Waals surface area contributed by atoms with Crippen LogP contribution in [0.3, 0.4) is 0 Å². The molecule has 8 nitrogen and oxygen atoms in total. The van der Waals surface area contributed by atoms with Gasteiger partial charge in [0, 0.05) is 24.5 Å². The van der Waals surface area contributed by atoms with Gasteiger partial charge in [0.15, 0.2) is 5.82 Å². The van der Waals surface area contributed by atoms with Crippen molar-refractivity contribution in [1.82, 2.24) is 19.7 Å². The molecule has 1 unspecified atom stereocenters.